The Bertz CT molecular complexity index is 424. The van der Waals surface area contributed by atoms with Crippen LogP contribution in [0.1, 0.15) is 10.4 Å². The summed E-state index contributed by atoms with van der Waals surface area (Å²) >= 11 is 0. The topological polar surface area (TPSA) is 67.4 Å². The van der Waals surface area contributed by atoms with Gasteiger partial charge in [0, 0.05) is 25.8 Å². The lowest BCUT2D eigenvalue weighted by Crippen LogP contribution is -2.36. The minimum atomic E-state index is -0.462. The molecule has 2 N–H and O–H groups in total. The van der Waals surface area contributed by atoms with Gasteiger partial charge in [0.15, 0.2) is 0 Å². The fourth-order valence-electron chi connectivity index (χ4n) is 1.29. The van der Waals surface area contributed by atoms with Crippen LogP contribution in [0.5, 0.6) is 0 Å². The van der Waals surface area contributed by atoms with Gasteiger partial charge in [0.1, 0.15) is 12.4 Å². The van der Waals surface area contributed by atoms with E-state index in [1.165, 1.54) is 25.3 Å². The van der Waals surface area contributed by atoms with E-state index < -0.39 is 5.82 Å². The Labute approximate surface area is 104 Å². The summed E-state index contributed by atoms with van der Waals surface area (Å²) < 4.78 is 17.5. The lowest BCUT2D eigenvalue weighted by molar-refractivity contribution is -0.124. The predicted molar refractivity (Wildman–Crippen MR) is 63.6 cm³/mol. The van der Waals surface area contributed by atoms with Gasteiger partial charge in [-0.25, -0.2) is 4.39 Å². The highest BCUT2D eigenvalue weighted by Gasteiger charge is 2.05. The quantitative estimate of drug-likeness (QED) is 0.718. The zero-order valence-electron chi connectivity index (χ0n) is 10.0. The molecule has 5 nitrogen and oxygen atoms in total. The first kappa shape index (κ1) is 14.1. The van der Waals surface area contributed by atoms with Crippen LogP contribution in [-0.2, 0) is 9.53 Å². The molecule has 0 fully saturated rings. The maximum atomic E-state index is 12.9. The van der Waals surface area contributed by atoms with Gasteiger partial charge in [-0.1, -0.05) is 6.07 Å². The van der Waals surface area contributed by atoms with Gasteiger partial charge in [0.25, 0.3) is 5.91 Å². The number of hydrogen-bond donors (Lipinski definition) is 2. The summed E-state index contributed by atoms with van der Waals surface area (Å²) in [6.07, 6.45) is 0. The van der Waals surface area contributed by atoms with Gasteiger partial charge in [-0.15, -0.1) is 0 Å². The SMILES string of the molecule is COCC(=O)NCCNC(=O)c1cccc(F)c1. The Morgan fingerprint density at radius 3 is 2.67 bits per heavy atom. The third-order valence-corrected chi connectivity index (χ3v) is 2.09. The summed E-state index contributed by atoms with van der Waals surface area (Å²) in [4.78, 5) is 22.6. The molecule has 1 rings (SSSR count). The molecule has 0 bridgehead atoms. The molecule has 0 heterocycles. The van der Waals surface area contributed by atoms with Gasteiger partial charge >= 0.3 is 0 Å². The lowest BCUT2D eigenvalue weighted by atomic mass is 10.2. The number of carbonyl (C=O) groups excluding carboxylic acids is 2. The molecule has 0 aliphatic carbocycles. The first-order valence-electron chi connectivity index (χ1n) is 5.43. The molecule has 6 heteroatoms. The molecule has 0 aliphatic rings. The van der Waals surface area contributed by atoms with Crippen LogP contribution < -0.4 is 10.6 Å². The first-order valence-corrected chi connectivity index (χ1v) is 5.43. The number of nitrogens with one attached hydrogen (secondary N) is 2. The Hall–Kier alpha value is -1.95. The molecule has 0 aliphatic heterocycles. The Kier molecular flexibility index (Phi) is 5.79. The highest BCUT2D eigenvalue weighted by atomic mass is 19.1. The summed E-state index contributed by atoms with van der Waals surface area (Å²) in [6, 6.07) is 5.40. The molecule has 0 radical (unpaired) electrons. The molecule has 0 atom stereocenters. The molecule has 0 unspecified atom stereocenters. The van der Waals surface area contributed by atoms with Crippen molar-refractivity contribution in [3.05, 3.63) is 35.6 Å². The molecule has 18 heavy (non-hydrogen) atoms. The van der Waals surface area contributed by atoms with Crippen LogP contribution in [0.2, 0.25) is 0 Å². The largest absolute Gasteiger partial charge is 0.375 e. The monoisotopic (exact) mass is 254 g/mol. The number of carbonyl (C=O) groups is 2. The molecule has 0 aromatic heterocycles. The molecule has 0 spiro atoms. The van der Waals surface area contributed by atoms with Crippen molar-refractivity contribution >= 4 is 11.8 Å². The Balaban J connectivity index is 2.27. The first-order chi connectivity index (χ1) is 8.63. The maximum absolute atomic E-state index is 12.9. The van der Waals surface area contributed by atoms with Crippen molar-refractivity contribution < 1.29 is 18.7 Å². The molecule has 2 amide bonds. The Morgan fingerprint density at radius 1 is 1.28 bits per heavy atom. The van der Waals surface area contributed by atoms with Crippen molar-refractivity contribution in [3.63, 3.8) is 0 Å². The number of halogens is 1. The van der Waals surface area contributed by atoms with Crippen molar-refractivity contribution in [2.75, 3.05) is 26.8 Å². The van der Waals surface area contributed by atoms with Crippen LogP contribution in [0.4, 0.5) is 4.39 Å². The normalized spacial score (nSPS) is 9.89. The van der Waals surface area contributed by atoms with Crippen LogP contribution in [0.15, 0.2) is 24.3 Å². The number of rotatable bonds is 6. The highest BCUT2D eigenvalue weighted by Crippen LogP contribution is 2.02. The van der Waals surface area contributed by atoms with Gasteiger partial charge in [-0.3, -0.25) is 9.59 Å². The summed E-state index contributed by atoms with van der Waals surface area (Å²) in [5.41, 5.74) is 0.248. The molecule has 0 saturated heterocycles. The summed E-state index contributed by atoms with van der Waals surface area (Å²) in [5.74, 6) is -1.09. The van der Waals surface area contributed by atoms with E-state index in [1.807, 2.05) is 0 Å². The standard InChI is InChI=1S/C12H15FN2O3/c1-18-8-11(16)14-5-6-15-12(17)9-3-2-4-10(13)7-9/h2-4,7H,5-6,8H2,1H3,(H,14,16)(H,15,17). The fourth-order valence-corrected chi connectivity index (χ4v) is 1.29. The second-order valence-corrected chi connectivity index (χ2v) is 3.55. The van der Waals surface area contributed by atoms with Crippen LogP contribution in [-0.4, -0.2) is 38.6 Å². The zero-order valence-corrected chi connectivity index (χ0v) is 10.0. The van der Waals surface area contributed by atoms with Crippen LogP contribution in [0.3, 0.4) is 0 Å². The number of ether oxygens (including phenoxy) is 1. The van der Waals surface area contributed by atoms with E-state index in [0.717, 1.165) is 6.07 Å². The zero-order chi connectivity index (χ0) is 13.4. The second-order valence-electron chi connectivity index (χ2n) is 3.55. The molecule has 98 valence electrons. The van der Waals surface area contributed by atoms with Gasteiger partial charge in [-0.2, -0.15) is 0 Å². The van der Waals surface area contributed by atoms with Crippen molar-refractivity contribution in [1.29, 1.82) is 0 Å². The van der Waals surface area contributed by atoms with Crippen LogP contribution in [0, 0.1) is 5.82 Å². The minimum Gasteiger partial charge on any atom is -0.375 e. The van der Waals surface area contributed by atoms with Crippen LogP contribution in [0.25, 0.3) is 0 Å². The average molecular weight is 254 g/mol. The highest BCUT2D eigenvalue weighted by molar-refractivity contribution is 5.94. The smallest absolute Gasteiger partial charge is 0.251 e. The molecule has 1 aromatic carbocycles. The fraction of sp³-hybridized carbons (Fsp3) is 0.333. The third kappa shape index (κ3) is 4.92. The van der Waals surface area contributed by atoms with Gasteiger partial charge in [0.2, 0.25) is 5.91 Å². The number of hydrogen-bond acceptors (Lipinski definition) is 3. The van der Waals surface area contributed by atoms with E-state index in [-0.39, 0.29) is 30.5 Å². The number of amides is 2. The van der Waals surface area contributed by atoms with E-state index >= 15 is 0 Å². The predicted octanol–water partition coefficient (Wildman–Crippen LogP) is 0.318. The van der Waals surface area contributed by atoms with Crippen molar-refractivity contribution in [2.24, 2.45) is 0 Å². The number of methoxy groups -OCH3 is 1. The molecule has 0 saturated carbocycles. The summed E-state index contributed by atoms with van der Waals surface area (Å²) in [5, 5.41) is 5.11. The number of benzene rings is 1. The van der Waals surface area contributed by atoms with Crippen molar-refractivity contribution in [2.45, 2.75) is 0 Å². The minimum absolute atomic E-state index is 0.0160. The second kappa shape index (κ2) is 7.39. The Morgan fingerprint density at radius 2 is 2.00 bits per heavy atom. The van der Waals surface area contributed by atoms with Gasteiger partial charge < -0.3 is 15.4 Å². The average Bonchev–Trinajstić information content (AvgIpc) is 2.35. The van der Waals surface area contributed by atoms with Crippen molar-refractivity contribution in [1.82, 2.24) is 10.6 Å². The molecular formula is C12H15FN2O3. The molecule has 1 aromatic rings. The summed E-state index contributed by atoms with van der Waals surface area (Å²) in [7, 11) is 1.42. The third-order valence-electron chi connectivity index (χ3n) is 2.09. The van der Waals surface area contributed by atoms with E-state index in [9.17, 15) is 14.0 Å². The summed E-state index contributed by atoms with van der Waals surface area (Å²) in [6.45, 7) is 0.548. The van der Waals surface area contributed by atoms with Gasteiger partial charge in [-0.05, 0) is 18.2 Å². The van der Waals surface area contributed by atoms with E-state index in [1.54, 1.807) is 0 Å². The van der Waals surface area contributed by atoms with Crippen molar-refractivity contribution in [3.8, 4) is 0 Å². The van der Waals surface area contributed by atoms with Crippen LogP contribution >= 0.6 is 0 Å². The van der Waals surface area contributed by atoms with E-state index in [4.69, 9.17) is 0 Å². The lowest BCUT2D eigenvalue weighted by Gasteiger charge is -2.06. The molecular weight excluding hydrogens is 239 g/mol. The maximum Gasteiger partial charge on any atom is 0.251 e. The van der Waals surface area contributed by atoms with E-state index in [2.05, 4.69) is 15.4 Å². The van der Waals surface area contributed by atoms with Gasteiger partial charge in [0.05, 0.1) is 0 Å². The van der Waals surface area contributed by atoms with E-state index in [0.29, 0.717) is 6.54 Å².